The van der Waals surface area contributed by atoms with Gasteiger partial charge in [-0.15, -0.1) is 0 Å². The molecule has 0 spiro atoms. The first kappa shape index (κ1) is 15.2. The number of hydrogen-bond acceptors (Lipinski definition) is 3. The van der Waals surface area contributed by atoms with Crippen LogP contribution in [0.4, 0.5) is 5.69 Å². The van der Waals surface area contributed by atoms with Gasteiger partial charge in [-0.25, -0.2) is 8.42 Å². The highest BCUT2D eigenvalue weighted by atomic mass is 35.5. The lowest BCUT2D eigenvalue weighted by atomic mass is 10.2. The van der Waals surface area contributed by atoms with Crippen LogP contribution in [0.5, 0.6) is 0 Å². The van der Waals surface area contributed by atoms with Gasteiger partial charge in [0.05, 0.1) is 10.6 Å². The molecule has 0 aliphatic heterocycles. The summed E-state index contributed by atoms with van der Waals surface area (Å²) in [4.78, 5) is 0.202. The molecule has 0 aromatic heterocycles. The van der Waals surface area contributed by atoms with Crippen molar-refractivity contribution in [2.24, 2.45) is 0 Å². The topological polar surface area (TPSA) is 60.2 Å². The van der Waals surface area contributed by atoms with Gasteiger partial charge in [-0.05, 0) is 36.8 Å². The van der Waals surface area contributed by atoms with E-state index in [1.165, 1.54) is 6.07 Å². The van der Waals surface area contributed by atoms with Crippen LogP contribution < -0.4 is 5.73 Å². The summed E-state index contributed by atoms with van der Waals surface area (Å²) in [5.74, 6) is -0.254. The van der Waals surface area contributed by atoms with Crippen molar-refractivity contribution in [1.29, 1.82) is 0 Å². The van der Waals surface area contributed by atoms with Crippen molar-refractivity contribution in [1.82, 2.24) is 0 Å². The molecule has 106 valence electrons. The maximum Gasteiger partial charge on any atom is 0.182 e. The normalized spacial score (nSPS) is 11.6. The fourth-order valence-electron chi connectivity index (χ4n) is 1.89. The monoisotopic (exact) mass is 329 g/mol. The zero-order chi connectivity index (χ0) is 14.9. The highest BCUT2D eigenvalue weighted by Crippen LogP contribution is 2.30. The molecule has 3 nitrogen and oxygen atoms in total. The number of hydrogen-bond donors (Lipinski definition) is 1. The molecule has 0 aliphatic carbocycles. The molecule has 2 rings (SSSR count). The Bertz CT molecular complexity index is 738. The molecular formula is C14H13Cl2NO2S. The first-order valence-corrected chi connectivity index (χ1v) is 8.24. The number of nitrogen functional groups attached to an aromatic ring is 1. The van der Waals surface area contributed by atoms with E-state index in [1.54, 1.807) is 37.3 Å². The van der Waals surface area contributed by atoms with E-state index in [-0.39, 0.29) is 10.6 Å². The summed E-state index contributed by atoms with van der Waals surface area (Å²) >= 11 is 12.0. The van der Waals surface area contributed by atoms with Crippen LogP contribution >= 0.6 is 23.2 Å². The summed E-state index contributed by atoms with van der Waals surface area (Å²) in [5, 5.41) is 0.672. The second-order valence-electron chi connectivity index (χ2n) is 4.48. The average Bonchev–Trinajstić information content (AvgIpc) is 2.37. The predicted octanol–water partition coefficient (Wildman–Crippen LogP) is 3.86. The Kier molecular flexibility index (Phi) is 4.28. The summed E-state index contributed by atoms with van der Waals surface area (Å²) in [6.45, 7) is 1.72. The Morgan fingerprint density at radius 1 is 1.10 bits per heavy atom. The maximum atomic E-state index is 12.5. The highest BCUT2D eigenvalue weighted by molar-refractivity contribution is 7.90. The lowest BCUT2D eigenvalue weighted by Crippen LogP contribution is -2.08. The molecule has 0 unspecified atom stereocenters. The molecule has 2 aromatic carbocycles. The molecule has 0 amide bonds. The minimum atomic E-state index is -3.56. The summed E-state index contributed by atoms with van der Waals surface area (Å²) in [5.41, 5.74) is 7.10. The minimum absolute atomic E-state index is 0.202. The molecule has 0 saturated heterocycles. The fourth-order valence-corrected chi connectivity index (χ4v) is 4.30. The molecule has 0 heterocycles. The number of benzene rings is 2. The quantitative estimate of drug-likeness (QED) is 0.870. The minimum Gasteiger partial charge on any atom is -0.399 e. The molecule has 0 fully saturated rings. The summed E-state index contributed by atoms with van der Waals surface area (Å²) in [6, 6.07) is 9.70. The molecular weight excluding hydrogens is 317 g/mol. The molecule has 0 saturated carbocycles. The Balaban J connectivity index is 2.49. The van der Waals surface area contributed by atoms with E-state index in [2.05, 4.69) is 0 Å². The van der Waals surface area contributed by atoms with Crippen LogP contribution in [-0.2, 0) is 15.6 Å². The van der Waals surface area contributed by atoms with Crippen molar-refractivity contribution in [3.63, 3.8) is 0 Å². The van der Waals surface area contributed by atoms with Gasteiger partial charge < -0.3 is 5.73 Å². The van der Waals surface area contributed by atoms with Gasteiger partial charge in [-0.3, -0.25) is 0 Å². The number of halogens is 2. The van der Waals surface area contributed by atoms with E-state index >= 15 is 0 Å². The number of aryl methyl sites for hydroxylation is 1. The van der Waals surface area contributed by atoms with E-state index in [0.717, 1.165) is 0 Å². The van der Waals surface area contributed by atoms with Crippen LogP contribution in [0.3, 0.4) is 0 Å². The third-order valence-electron chi connectivity index (χ3n) is 2.94. The molecule has 2 aromatic rings. The summed E-state index contributed by atoms with van der Waals surface area (Å²) in [7, 11) is -3.56. The van der Waals surface area contributed by atoms with E-state index in [4.69, 9.17) is 28.9 Å². The second-order valence-corrected chi connectivity index (χ2v) is 7.26. The van der Waals surface area contributed by atoms with E-state index in [9.17, 15) is 8.42 Å². The summed E-state index contributed by atoms with van der Waals surface area (Å²) in [6.07, 6.45) is 0. The highest BCUT2D eigenvalue weighted by Gasteiger charge is 2.21. The van der Waals surface area contributed by atoms with Gasteiger partial charge >= 0.3 is 0 Å². The Labute approximate surface area is 128 Å². The SMILES string of the molecule is Cc1ccc(N)cc1S(=O)(=O)Cc1c(Cl)cccc1Cl. The molecule has 0 radical (unpaired) electrons. The third-order valence-corrected chi connectivity index (χ3v) is 5.43. The molecule has 20 heavy (non-hydrogen) atoms. The van der Waals surface area contributed by atoms with Crippen molar-refractivity contribution < 1.29 is 8.42 Å². The number of rotatable bonds is 3. The van der Waals surface area contributed by atoms with Gasteiger partial charge in [0.25, 0.3) is 0 Å². The van der Waals surface area contributed by atoms with Crippen LogP contribution in [-0.4, -0.2) is 8.42 Å². The van der Waals surface area contributed by atoms with Crippen LogP contribution in [0.25, 0.3) is 0 Å². The molecule has 6 heteroatoms. The zero-order valence-corrected chi connectivity index (χ0v) is 13.1. The summed E-state index contributed by atoms with van der Waals surface area (Å²) < 4.78 is 25.0. The van der Waals surface area contributed by atoms with Crippen LogP contribution in [0, 0.1) is 6.92 Å². The first-order chi connectivity index (χ1) is 9.31. The molecule has 0 aliphatic rings. The zero-order valence-electron chi connectivity index (χ0n) is 10.7. The lowest BCUT2D eigenvalue weighted by Gasteiger charge is -2.11. The largest absolute Gasteiger partial charge is 0.399 e. The van der Waals surface area contributed by atoms with E-state index in [0.29, 0.717) is 26.9 Å². The average molecular weight is 330 g/mol. The van der Waals surface area contributed by atoms with Crippen LogP contribution in [0.2, 0.25) is 10.0 Å². The van der Waals surface area contributed by atoms with Crippen molar-refractivity contribution in [2.75, 3.05) is 5.73 Å². The Hall–Kier alpha value is -1.23. The van der Waals surface area contributed by atoms with E-state index < -0.39 is 9.84 Å². The second kappa shape index (κ2) is 5.64. The number of anilines is 1. The van der Waals surface area contributed by atoms with E-state index in [1.807, 2.05) is 0 Å². The van der Waals surface area contributed by atoms with Crippen LogP contribution in [0.1, 0.15) is 11.1 Å². The van der Waals surface area contributed by atoms with Gasteiger partial charge in [-0.2, -0.15) is 0 Å². The van der Waals surface area contributed by atoms with Crippen LogP contribution in [0.15, 0.2) is 41.3 Å². The molecule has 0 bridgehead atoms. The number of sulfone groups is 1. The fraction of sp³-hybridized carbons (Fsp3) is 0.143. The Morgan fingerprint density at radius 3 is 2.30 bits per heavy atom. The van der Waals surface area contributed by atoms with Gasteiger partial charge in [-0.1, -0.05) is 35.3 Å². The van der Waals surface area contributed by atoms with Crippen molar-refractivity contribution in [3.05, 3.63) is 57.6 Å². The first-order valence-electron chi connectivity index (χ1n) is 5.83. The smallest absolute Gasteiger partial charge is 0.182 e. The van der Waals surface area contributed by atoms with Gasteiger partial charge in [0.1, 0.15) is 0 Å². The van der Waals surface area contributed by atoms with Gasteiger partial charge in [0.2, 0.25) is 0 Å². The third kappa shape index (κ3) is 3.08. The number of nitrogens with two attached hydrogens (primary N) is 1. The standard InChI is InChI=1S/C14H13Cl2NO2S/c1-9-5-6-10(17)7-14(9)20(18,19)8-11-12(15)3-2-4-13(11)16/h2-7H,8,17H2,1H3. The van der Waals surface area contributed by atoms with Crippen molar-refractivity contribution in [3.8, 4) is 0 Å². The molecule has 2 N–H and O–H groups in total. The van der Waals surface area contributed by atoms with Gasteiger partial charge in [0.15, 0.2) is 9.84 Å². The molecule has 0 atom stereocenters. The Morgan fingerprint density at radius 2 is 1.70 bits per heavy atom. The van der Waals surface area contributed by atoms with Gasteiger partial charge in [0, 0.05) is 21.3 Å². The predicted molar refractivity (Wildman–Crippen MR) is 82.9 cm³/mol. The van der Waals surface area contributed by atoms with Crippen molar-refractivity contribution in [2.45, 2.75) is 17.6 Å². The maximum absolute atomic E-state index is 12.5. The van der Waals surface area contributed by atoms with Crippen molar-refractivity contribution >= 4 is 38.7 Å². The lowest BCUT2D eigenvalue weighted by molar-refractivity contribution is 0.594.